The molecule has 0 bridgehead atoms. The first-order valence-electron chi connectivity index (χ1n) is 8.85. The van der Waals surface area contributed by atoms with Crippen molar-refractivity contribution in [3.05, 3.63) is 100 Å². The van der Waals surface area contributed by atoms with Gasteiger partial charge in [-0.05, 0) is 41.1 Å². The van der Waals surface area contributed by atoms with Crippen molar-refractivity contribution in [2.75, 3.05) is 5.32 Å². The van der Waals surface area contributed by atoms with Gasteiger partial charge in [-0.15, -0.1) is 0 Å². The number of nitrogens with zero attached hydrogens (tertiary/aromatic N) is 1. The molecule has 4 rings (SSSR count). The van der Waals surface area contributed by atoms with Crippen molar-refractivity contribution in [1.29, 1.82) is 0 Å². The molecule has 0 aliphatic rings. The number of nitro groups is 1. The lowest BCUT2D eigenvalue weighted by Gasteiger charge is -2.06. The molecule has 3 aromatic carbocycles. The molecule has 1 amide bonds. The molecule has 29 heavy (non-hydrogen) atoms. The SMILES string of the molecule is O=C(Nc1ccccc1[N+](=O)[O-])c1ccc(COc2ccc3ccccc3c2)o1. The van der Waals surface area contributed by atoms with Crippen molar-refractivity contribution < 1.29 is 18.9 Å². The highest BCUT2D eigenvalue weighted by atomic mass is 16.6. The van der Waals surface area contributed by atoms with Gasteiger partial charge in [0.05, 0.1) is 4.92 Å². The Morgan fingerprint density at radius 3 is 2.55 bits per heavy atom. The van der Waals surface area contributed by atoms with E-state index in [4.69, 9.17) is 9.15 Å². The van der Waals surface area contributed by atoms with E-state index in [2.05, 4.69) is 5.32 Å². The highest BCUT2D eigenvalue weighted by Gasteiger charge is 2.18. The predicted molar refractivity (Wildman–Crippen MR) is 108 cm³/mol. The number of nitro benzene ring substituents is 1. The number of hydrogen-bond acceptors (Lipinski definition) is 5. The van der Waals surface area contributed by atoms with Gasteiger partial charge in [-0.25, -0.2) is 0 Å². The van der Waals surface area contributed by atoms with Crippen molar-refractivity contribution in [2.24, 2.45) is 0 Å². The van der Waals surface area contributed by atoms with E-state index in [1.807, 2.05) is 42.5 Å². The number of rotatable bonds is 6. The maximum absolute atomic E-state index is 12.4. The van der Waals surface area contributed by atoms with Crippen LogP contribution in [0, 0.1) is 10.1 Å². The quantitative estimate of drug-likeness (QED) is 0.363. The van der Waals surface area contributed by atoms with E-state index in [0.717, 1.165) is 10.8 Å². The summed E-state index contributed by atoms with van der Waals surface area (Å²) in [5.41, 5.74) is -0.0832. The zero-order valence-electron chi connectivity index (χ0n) is 15.2. The average molecular weight is 388 g/mol. The third-order valence-corrected chi connectivity index (χ3v) is 4.34. The Kier molecular flexibility index (Phi) is 4.94. The van der Waals surface area contributed by atoms with Crippen molar-refractivity contribution in [3.63, 3.8) is 0 Å². The number of ether oxygens (including phenoxy) is 1. The summed E-state index contributed by atoms with van der Waals surface area (Å²) >= 11 is 0. The summed E-state index contributed by atoms with van der Waals surface area (Å²) < 4.78 is 11.3. The largest absolute Gasteiger partial charge is 0.486 e. The van der Waals surface area contributed by atoms with E-state index in [1.165, 1.54) is 24.3 Å². The smallest absolute Gasteiger partial charge is 0.292 e. The topological polar surface area (TPSA) is 94.6 Å². The van der Waals surface area contributed by atoms with Gasteiger partial charge < -0.3 is 14.5 Å². The Bertz CT molecular complexity index is 1200. The van der Waals surface area contributed by atoms with Crippen molar-refractivity contribution in [2.45, 2.75) is 6.61 Å². The Morgan fingerprint density at radius 1 is 0.966 bits per heavy atom. The molecule has 0 fully saturated rings. The number of carbonyl (C=O) groups excluding carboxylic acids is 1. The molecule has 0 radical (unpaired) electrons. The Balaban J connectivity index is 1.42. The van der Waals surface area contributed by atoms with Gasteiger partial charge >= 0.3 is 0 Å². The molecule has 1 aromatic heterocycles. The minimum atomic E-state index is -0.573. The average Bonchev–Trinajstić information content (AvgIpc) is 3.21. The number of anilines is 1. The number of furan rings is 1. The summed E-state index contributed by atoms with van der Waals surface area (Å²) in [6, 6.07) is 22.8. The predicted octanol–water partition coefficient (Wildman–Crippen LogP) is 5.17. The number of carbonyl (C=O) groups is 1. The fourth-order valence-electron chi connectivity index (χ4n) is 2.91. The van der Waals surface area contributed by atoms with E-state index in [-0.39, 0.29) is 23.7 Å². The molecule has 0 aliphatic carbocycles. The van der Waals surface area contributed by atoms with Gasteiger partial charge in [0.2, 0.25) is 0 Å². The summed E-state index contributed by atoms with van der Waals surface area (Å²) in [5, 5.41) is 15.7. The number of benzene rings is 3. The Hall–Kier alpha value is -4.13. The van der Waals surface area contributed by atoms with Crippen LogP contribution < -0.4 is 10.1 Å². The van der Waals surface area contributed by atoms with Crippen LogP contribution in [0.5, 0.6) is 5.75 Å². The molecule has 0 saturated heterocycles. The number of amides is 1. The van der Waals surface area contributed by atoms with E-state index in [0.29, 0.717) is 11.5 Å². The van der Waals surface area contributed by atoms with Crippen molar-refractivity contribution in [1.82, 2.24) is 0 Å². The zero-order valence-corrected chi connectivity index (χ0v) is 15.2. The first kappa shape index (κ1) is 18.2. The van der Waals surface area contributed by atoms with Crippen LogP contribution in [0.3, 0.4) is 0 Å². The maximum atomic E-state index is 12.4. The Morgan fingerprint density at radius 2 is 1.72 bits per heavy atom. The van der Waals surface area contributed by atoms with Crippen LogP contribution in [0.15, 0.2) is 83.3 Å². The van der Waals surface area contributed by atoms with Gasteiger partial charge in [-0.2, -0.15) is 0 Å². The highest BCUT2D eigenvalue weighted by Crippen LogP contribution is 2.25. The van der Waals surface area contributed by atoms with Crippen LogP contribution in [0.1, 0.15) is 16.3 Å². The minimum Gasteiger partial charge on any atom is -0.486 e. The Labute approximate surface area is 165 Å². The molecular formula is C22H16N2O5. The fraction of sp³-hybridized carbons (Fsp3) is 0.0455. The highest BCUT2D eigenvalue weighted by molar-refractivity contribution is 6.03. The van der Waals surface area contributed by atoms with Gasteiger partial charge in [0, 0.05) is 6.07 Å². The van der Waals surface area contributed by atoms with E-state index in [9.17, 15) is 14.9 Å². The van der Waals surface area contributed by atoms with Crippen LogP contribution in [0.2, 0.25) is 0 Å². The van der Waals surface area contributed by atoms with Gasteiger partial charge in [0.15, 0.2) is 5.76 Å². The normalized spacial score (nSPS) is 10.6. The number of fused-ring (bicyclic) bond motifs is 1. The van der Waals surface area contributed by atoms with Crippen molar-refractivity contribution in [3.8, 4) is 5.75 Å². The van der Waals surface area contributed by atoms with Crippen LogP contribution in [0.4, 0.5) is 11.4 Å². The number of hydrogen-bond donors (Lipinski definition) is 1. The van der Waals surface area contributed by atoms with Crippen LogP contribution >= 0.6 is 0 Å². The van der Waals surface area contributed by atoms with Gasteiger partial charge in [0.25, 0.3) is 11.6 Å². The number of nitrogens with one attached hydrogen (secondary N) is 1. The lowest BCUT2D eigenvalue weighted by Crippen LogP contribution is -2.12. The molecule has 0 saturated carbocycles. The lowest BCUT2D eigenvalue weighted by molar-refractivity contribution is -0.383. The zero-order chi connectivity index (χ0) is 20.2. The van der Waals surface area contributed by atoms with Gasteiger partial charge in [-0.3, -0.25) is 14.9 Å². The molecule has 4 aromatic rings. The van der Waals surface area contributed by atoms with Crippen LogP contribution in [-0.4, -0.2) is 10.8 Å². The van der Waals surface area contributed by atoms with Gasteiger partial charge in [0.1, 0.15) is 23.8 Å². The third-order valence-electron chi connectivity index (χ3n) is 4.34. The lowest BCUT2D eigenvalue weighted by atomic mass is 10.1. The minimum absolute atomic E-state index is 0.0419. The molecule has 0 aliphatic heterocycles. The molecule has 0 spiro atoms. The summed E-state index contributed by atoms with van der Waals surface area (Å²) in [4.78, 5) is 22.9. The molecule has 144 valence electrons. The molecule has 7 heteroatoms. The van der Waals surface area contributed by atoms with Gasteiger partial charge in [-0.1, -0.05) is 42.5 Å². The second kappa shape index (κ2) is 7.85. The van der Waals surface area contributed by atoms with Crippen LogP contribution in [0.25, 0.3) is 10.8 Å². The van der Waals surface area contributed by atoms with E-state index >= 15 is 0 Å². The molecule has 1 heterocycles. The molecule has 0 unspecified atom stereocenters. The first-order chi connectivity index (χ1) is 14.1. The molecular weight excluding hydrogens is 372 g/mol. The summed E-state index contributed by atoms with van der Waals surface area (Å²) in [7, 11) is 0. The molecule has 7 nitrogen and oxygen atoms in total. The maximum Gasteiger partial charge on any atom is 0.292 e. The summed E-state index contributed by atoms with van der Waals surface area (Å²) in [6.07, 6.45) is 0. The standard InChI is InChI=1S/C22H16N2O5/c25-22(23-19-7-3-4-8-20(19)24(26)27)21-12-11-18(29-21)14-28-17-10-9-15-5-1-2-6-16(15)13-17/h1-13H,14H2,(H,23,25). The molecule has 0 atom stereocenters. The second-order valence-electron chi connectivity index (χ2n) is 6.29. The summed E-state index contributed by atoms with van der Waals surface area (Å²) in [6.45, 7) is 0.150. The number of para-hydroxylation sites is 2. The molecule has 1 N–H and O–H groups in total. The summed E-state index contributed by atoms with van der Waals surface area (Å²) in [5.74, 6) is 0.619. The first-order valence-corrected chi connectivity index (χ1v) is 8.85. The third kappa shape index (κ3) is 4.08. The van der Waals surface area contributed by atoms with E-state index in [1.54, 1.807) is 12.1 Å². The van der Waals surface area contributed by atoms with Crippen molar-refractivity contribution >= 4 is 28.1 Å². The second-order valence-corrected chi connectivity index (χ2v) is 6.29. The monoisotopic (exact) mass is 388 g/mol. The van der Waals surface area contributed by atoms with E-state index < -0.39 is 10.8 Å². The van der Waals surface area contributed by atoms with Crippen LogP contribution in [-0.2, 0) is 6.61 Å². The fourth-order valence-corrected chi connectivity index (χ4v) is 2.91.